The summed E-state index contributed by atoms with van der Waals surface area (Å²) >= 11 is 0. The molecule has 0 aromatic rings. The van der Waals surface area contributed by atoms with Crippen molar-refractivity contribution < 1.29 is 22.8 Å². The van der Waals surface area contributed by atoms with E-state index in [-0.39, 0.29) is 0 Å². The van der Waals surface area contributed by atoms with Gasteiger partial charge in [-0.25, -0.2) is 0 Å². The maximum atomic E-state index is 13.1. The molecule has 0 saturated carbocycles. The zero-order valence-electron chi connectivity index (χ0n) is 11.4. The Balaban J connectivity index is 6.44. The van der Waals surface area contributed by atoms with Crippen molar-refractivity contribution in [3.63, 3.8) is 0 Å². The fourth-order valence-electron chi connectivity index (χ4n) is 1.34. The van der Waals surface area contributed by atoms with Crippen LogP contribution >= 0.6 is 0 Å². The summed E-state index contributed by atoms with van der Waals surface area (Å²) in [5.41, 5.74) is -1.66. The van der Waals surface area contributed by atoms with Crippen molar-refractivity contribution in [2.45, 2.75) is 26.9 Å². The predicted octanol–water partition coefficient (Wildman–Crippen LogP) is 1.76. The number of halogens is 3. The number of ketones is 2. The average molecular weight is 289 g/mol. The molecule has 0 rings (SSSR count). The van der Waals surface area contributed by atoms with Crippen LogP contribution in [0.4, 0.5) is 13.2 Å². The smallest absolute Gasteiger partial charge is 0.312 e. The molecule has 110 valence electrons. The van der Waals surface area contributed by atoms with E-state index in [1.54, 1.807) is 0 Å². The van der Waals surface area contributed by atoms with Gasteiger partial charge in [0.05, 0.1) is 0 Å². The number of nitrogens with zero attached hydrogens (tertiary/aromatic N) is 2. The van der Waals surface area contributed by atoms with Gasteiger partial charge in [0, 0.05) is 19.9 Å². The molecule has 0 unspecified atom stereocenters. The van der Waals surface area contributed by atoms with Crippen LogP contribution < -0.4 is 5.43 Å². The van der Waals surface area contributed by atoms with Gasteiger partial charge in [-0.05, 0) is 0 Å². The fourth-order valence-corrected chi connectivity index (χ4v) is 1.34. The lowest BCUT2D eigenvalue weighted by Gasteiger charge is -2.15. The quantitative estimate of drug-likeness (QED) is 0.362. The van der Waals surface area contributed by atoms with Crippen LogP contribution in [0.15, 0.2) is 16.2 Å². The van der Waals surface area contributed by atoms with E-state index >= 15 is 0 Å². The van der Waals surface area contributed by atoms with E-state index in [1.807, 2.05) is 0 Å². The summed E-state index contributed by atoms with van der Waals surface area (Å²) < 4.78 is 39.3. The van der Waals surface area contributed by atoms with E-state index in [2.05, 4.69) is 10.5 Å². The summed E-state index contributed by atoms with van der Waals surface area (Å²) in [7, 11) is 1.20. The zero-order chi connectivity index (χ0) is 16.1. The van der Waals surface area contributed by atoms with Gasteiger partial charge in [-0.2, -0.15) is 23.5 Å². The van der Waals surface area contributed by atoms with Crippen molar-refractivity contribution in [2.24, 2.45) is 11.0 Å². The number of carbonyl (C=O) groups is 2. The fraction of sp³-hybridized carbons (Fsp3) is 0.500. The molecule has 20 heavy (non-hydrogen) atoms. The van der Waals surface area contributed by atoms with Crippen LogP contribution in [0.25, 0.3) is 0 Å². The van der Waals surface area contributed by atoms with E-state index < -0.39 is 40.5 Å². The van der Waals surface area contributed by atoms with E-state index in [9.17, 15) is 22.8 Å². The molecule has 0 aliphatic carbocycles. The summed E-state index contributed by atoms with van der Waals surface area (Å²) in [6, 6.07) is 1.23. The summed E-state index contributed by atoms with van der Waals surface area (Å²) in [6.07, 6.45) is -5.04. The van der Waals surface area contributed by atoms with E-state index in [0.717, 1.165) is 6.92 Å². The second-order valence-corrected chi connectivity index (χ2v) is 4.12. The topological polar surface area (TPSA) is 82.3 Å². The zero-order valence-corrected chi connectivity index (χ0v) is 11.4. The lowest BCUT2D eigenvalue weighted by atomic mass is 9.93. The number of hydrogen-bond donors (Lipinski definition) is 1. The molecular weight excluding hydrogens is 275 g/mol. The summed E-state index contributed by atoms with van der Waals surface area (Å²) in [6.45, 7) is 3.59. The van der Waals surface area contributed by atoms with Crippen LogP contribution in [0.3, 0.4) is 0 Å². The number of nitrogens with one attached hydrogen (secondary N) is 1. The number of nitriles is 1. The number of hydrogen-bond acceptors (Lipinski definition) is 5. The first-order valence-corrected chi connectivity index (χ1v) is 5.59. The molecule has 5 nitrogen and oxygen atoms in total. The number of hydrazone groups is 1. The minimum Gasteiger partial charge on any atom is -0.312 e. The molecule has 1 N–H and O–H groups in total. The van der Waals surface area contributed by atoms with Gasteiger partial charge in [-0.15, -0.1) is 0 Å². The molecule has 0 amide bonds. The Hall–Kier alpha value is -2.17. The van der Waals surface area contributed by atoms with E-state index in [1.165, 1.54) is 27.0 Å². The molecule has 0 aliphatic rings. The van der Waals surface area contributed by atoms with Gasteiger partial charge in [-0.3, -0.25) is 9.59 Å². The molecule has 0 fully saturated rings. The van der Waals surface area contributed by atoms with Crippen molar-refractivity contribution in [1.82, 2.24) is 5.43 Å². The van der Waals surface area contributed by atoms with Gasteiger partial charge in [0.1, 0.15) is 22.9 Å². The summed E-state index contributed by atoms with van der Waals surface area (Å²) in [5.74, 6) is -2.81. The van der Waals surface area contributed by atoms with Crippen LogP contribution in [-0.4, -0.2) is 30.5 Å². The summed E-state index contributed by atoms with van der Waals surface area (Å²) in [4.78, 5) is 23.0. The Labute approximate surface area is 114 Å². The first-order valence-electron chi connectivity index (χ1n) is 5.59. The second kappa shape index (κ2) is 6.84. The molecule has 0 saturated heterocycles. The van der Waals surface area contributed by atoms with Gasteiger partial charge in [0.2, 0.25) is 0 Å². The van der Waals surface area contributed by atoms with E-state index in [4.69, 9.17) is 5.26 Å². The highest BCUT2D eigenvalue weighted by molar-refractivity contribution is 6.46. The molecular formula is C12H14F3N3O2. The third-order valence-corrected chi connectivity index (χ3v) is 2.21. The lowest BCUT2D eigenvalue weighted by molar-refractivity contribution is -0.119. The van der Waals surface area contributed by atoms with Crippen LogP contribution in [0, 0.1) is 17.2 Å². The van der Waals surface area contributed by atoms with Gasteiger partial charge < -0.3 is 5.43 Å². The molecule has 8 heteroatoms. The monoisotopic (exact) mass is 289 g/mol. The van der Waals surface area contributed by atoms with Gasteiger partial charge >= 0.3 is 6.18 Å². The largest absolute Gasteiger partial charge is 0.420 e. The molecule has 0 heterocycles. The molecule has 0 atom stereocenters. The molecule has 0 spiro atoms. The Kier molecular flexibility index (Phi) is 6.10. The predicted molar refractivity (Wildman–Crippen MR) is 65.7 cm³/mol. The lowest BCUT2D eigenvalue weighted by Crippen LogP contribution is -2.30. The average Bonchev–Trinajstić information content (AvgIpc) is 2.30. The number of Topliss-reactive ketones (excluding diaryl/α,β-unsaturated/α-hetero) is 2. The van der Waals surface area contributed by atoms with Crippen LogP contribution in [0.2, 0.25) is 0 Å². The van der Waals surface area contributed by atoms with Crippen molar-refractivity contribution in [3.8, 4) is 6.07 Å². The molecule has 0 bridgehead atoms. The van der Waals surface area contributed by atoms with Crippen molar-refractivity contribution >= 4 is 17.3 Å². The molecule has 0 radical (unpaired) electrons. The highest BCUT2D eigenvalue weighted by atomic mass is 19.4. The van der Waals surface area contributed by atoms with Gasteiger partial charge in [0.25, 0.3) is 0 Å². The van der Waals surface area contributed by atoms with Crippen LogP contribution in [0.1, 0.15) is 20.8 Å². The minimum absolute atomic E-state index is 0.815. The number of allylic oxidation sites excluding steroid dienone is 2. The van der Waals surface area contributed by atoms with Crippen molar-refractivity contribution in [2.75, 3.05) is 7.05 Å². The normalized spacial score (nSPS) is 13.7. The maximum absolute atomic E-state index is 13.1. The summed E-state index contributed by atoms with van der Waals surface area (Å²) in [5, 5.41) is 12.1. The number of alkyl halides is 3. The molecule has 0 aromatic heterocycles. The highest BCUT2D eigenvalue weighted by Gasteiger charge is 2.43. The van der Waals surface area contributed by atoms with Gasteiger partial charge in [0.15, 0.2) is 11.6 Å². The first-order chi connectivity index (χ1) is 9.07. The number of carbonyl (C=O) groups excluding carboxylic acids is 2. The Morgan fingerprint density at radius 1 is 1.30 bits per heavy atom. The minimum atomic E-state index is -5.04. The second-order valence-electron chi connectivity index (χ2n) is 4.12. The van der Waals surface area contributed by atoms with Gasteiger partial charge in [-0.1, -0.05) is 13.8 Å². The van der Waals surface area contributed by atoms with Crippen molar-refractivity contribution in [3.05, 3.63) is 11.1 Å². The van der Waals surface area contributed by atoms with Crippen LogP contribution in [-0.2, 0) is 9.59 Å². The molecule has 0 aliphatic heterocycles. The third kappa shape index (κ3) is 4.19. The molecule has 0 aromatic carbocycles. The SMILES string of the molecule is CNN=C(C(C)=O)/C(=C(/C#N)C(=O)C(C)C)C(F)(F)F. The third-order valence-electron chi connectivity index (χ3n) is 2.21. The Bertz CT molecular complexity index is 511. The highest BCUT2D eigenvalue weighted by Crippen LogP contribution is 2.31. The van der Waals surface area contributed by atoms with Crippen LogP contribution in [0.5, 0.6) is 0 Å². The van der Waals surface area contributed by atoms with Crippen molar-refractivity contribution in [1.29, 1.82) is 5.26 Å². The maximum Gasteiger partial charge on any atom is 0.420 e. The Morgan fingerprint density at radius 3 is 2.05 bits per heavy atom. The van der Waals surface area contributed by atoms with E-state index in [0.29, 0.717) is 0 Å². The first kappa shape index (κ1) is 17.8. The Morgan fingerprint density at radius 2 is 1.80 bits per heavy atom. The number of rotatable bonds is 5. The standard InChI is InChI=1S/C12H14F3N3O2/c1-6(2)11(20)8(5-16)9(12(13,14)15)10(7(3)19)18-17-4/h6,17H,1-4H3/b9-8+,18-10?.